The molecule has 1 aromatic carbocycles. The first-order valence-electron chi connectivity index (χ1n) is 6.49. The molecule has 0 aliphatic carbocycles. The van der Waals surface area contributed by atoms with Gasteiger partial charge in [0.05, 0.1) is 5.69 Å². The SMILES string of the molecule is CC(C)(C)OC(=O)NCCc1ccc(NC(N)=S)c(F)c1. The first kappa shape index (κ1) is 17.2. The molecule has 0 fully saturated rings. The van der Waals surface area contributed by atoms with E-state index in [1.165, 1.54) is 6.07 Å². The van der Waals surface area contributed by atoms with Crippen molar-refractivity contribution < 1.29 is 13.9 Å². The Kier molecular flexibility index (Phi) is 5.90. The van der Waals surface area contributed by atoms with E-state index in [9.17, 15) is 9.18 Å². The molecule has 0 saturated carbocycles. The summed E-state index contributed by atoms with van der Waals surface area (Å²) < 4.78 is 18.8. The first-order chi connectivity index (χ1) is 9.67. The van der Waals surface area contributed by atoms with E-state index in [2.05, 4.69) is 22.9 Å². The van der Waals surface area contributed by atoms with Crippen LogP contribution in [0.5, 0.6) is 0 Å². The number of ether oxygens (including phenoxy) is 1. The van der Waals surface area contributed by atoms with E-state index < -0.39 is 17.5 Å². The van der Waals surface area contributed by atoms with Crippen LogP contribution in [0.1, 0.15) is 26.3 Å². The number of thiocarbonyl (C=S) groups is 1. The molecule has 5 nitrogen and oxygen atoms in total. The molecule has 7 heteroatoms. The highest BCUT2D eigenvalue weighted by atomic mass is 32.1. The van der Waals surface area contributed by atoms with Gasteiger partial charge in [-0.2, -0.15) is 0 Å². The molecule has 0 aromatic heterocycles. The maximum Gasteiger partial charge on any atom is 0.407 e. The predicted molar refractivity (Wildman–Crippen MR) is 84.7 cm³/mol. The lowest BCUT2D eigenvalue weighted by Gasteiger charge is -2.19. The fourth-order valence-electron chi connectivity index (χ4n) is 1.57. The second-order valence-corrected chi connectivity index (χ2v) is 5.92. The molecule has 0 aliphatic rings. The molecule has 0 atom stereocenters. The van der Waals surface area contributed by atoms with Gasteiger partial charge in [0.1, 0.15) is 11.4 Å². The second kappa shape index (κ2) is 7.21. The molecule has 0 heterocycles. The van der Waals surface area contributed by atoms with Gasteiger partial charge in [0.15, 0.2) is 5.11 Å². The third-order valence-electron chi connectivity index (χ3n) is 2.37. The van der Waals surface area contributed by atoms with E-state index in [0.717, 1.165) is 5.56 Å². The molecule has 0 aliphatic heterocycles. The number of carbonyl (C=O) groups excluding carboxylic acids is 1. The van der Waals surface area contributed by atoms with Crippen molar-refractivity contribution in [1.82, 2.24) is 5.32 Å². The number of nitrogens with one attached hydrogen (secondary N) is 2. The Balaban J connectivity index is 2.48. The van der Waals surface area contributed by atoms with E-state index >= 15 is 0 Å². The minimum Gasteiger partial charge on any atom is -0.444 e. The van der Waals surface area contributed by atoms with Crippen molar-refractivity contribution >= 4 is 29.1 Å². The van der Waals surface area contributed by atoms with E-state index in [1.54, 1.807) is 32.9 Å². The molecule has 1 aromatic rings. The van der Waals surface area contributed by atoms with E-state index in [1.807, 2.05) is 0 Å². The summed E-state index contributed by atoms with van der Waals surface area (Å²) in [5.74, 6) is -0.447. The molecular weight excluding hydrogens is 293 g/mol. The second-order valence-electron chi connectivity index (χ2n) is 5.48. The number of halogens is 1. The summed E-state index contributed by atoms with van der Waals surface area (Å²) in [6.45, 7) is 5.72. The van der Waals surface area contributed by atoms with Crippen LogP contribution in [0.15, 0.2) is 18.2 Å². The summed E-state index contributed by atoms with van der Waals surface area (Å²) in [7, 11) is 0. The normalized spacial score (nSPS) is 10.9. The Labute approximate surface area is 129 Å². The van der Waals surface area contributed by atoms with Crippen molar-refractivity contribution in [3.05, 3.63) is 29.6 Å². The summed E-state index contributed by atoms with van der Waals surface area (Å²) in [6, 6.07) is 4.66. The molecule has 1 amide bonds. The zero-order valence-electron chi connectivity index (χ0n) is 12.3. The number of benzene rings is 1. The van der Waals surface area contributed by atoms with Gasteiger partial charge < -0.3 is 21.1 Å². The number of alkyl carbamates (subject to hydrolysis) is 1. The molecule has 0 bridgehead atoms. The summed E-state index contributed by atoms with van der Waals surface area (Å²) in [5.41, 5.74) is 5.73. The lowest BCUT2D eigenvalue weighted by atomic mass is 10.1. The van der Waals surface area contributed by atoms with Crippen LogP contribution in [0.2, 0.25) is 0 Å². The zero-order chi connectivity index (χ0) is 16.0. The Morgan fingerprint density at radius 2 is 2.10 bits per heavy atom. The van der Waals surface area contributed by atoms with Crippen molar-refractivity contribution in [2.45, 2.75) is 32.8 Å². The van der Waals surface area contributed by atoms with Gasteiger partial charge in [-0.15, -0.1) is 0 Å². The highest BCUT2D eigenvalue weighted by molar-refractivity contribution is 7.80. The minimum absolute atomic E-state index is 0.00763. The topological polar surface area (TPSA) is 76.4 Å². The van der Waals surface area contributed by atoms with Crippen LogP contribution in [-0.4, -0.2) is 23.4 Å². The third-order valence-corrected chi connectivity index (χ3v) is 2.48. The average molecular weight is 313 g/mol. The average Bonchev–Trinajstić information content (AvgIpc) is 2.29. The molecular formula is C14H20FN3O2S. The minimum atomic E-state index is -0.538. The number of nitrogens with two attached hydrogens (primary N) is 1. The van der Waals surface area contributed by atoms with Gasteiger partial charge in [-0.05, 0) is 57.1 Å². The van der Waals surface area contributed by atoms with Crippen molar-refractivity contribution in [3.63, 3.8) is 0 Å². The predicted octanol–water partition coefficient (Wildman–Crippen LogP) is 2.55. The quantitative estimate of drug-likeness (QED) is 0.745. The van der Waals surface area contributed by atoms with Gasteiger partial charge in [0.25, 0.3) is 0 Å². The summed E-state index contributed by atoms with van der Waals surface area (Å²) in [6.07, 6.45) is -0.00138. The van der Waals surface area contributed by atoms with Crippen molar-refractivity contribution in [2.24, 2.45) is 5.73 Å². The third kappa shape index (κ3) is 6.89. The van der Waals surface area contributed by atoms with Gasteiger partial charge in [0, 0.05) is 6.54 Å². The van der Waals surface area contributed by atoms with Crippen LogP contribution < -0.4 is 16.4 Å². The number of rotatable bonds is 4. The van der Waals surface area contributed by atoms with Crippen LogP contribution in [0, 0.1) is 5.82 Å². The van der Waals surface area contributed by atoms with E-state index in [-0.39, 0.29) is 10.8 Å². The Morgan fingerprint density at radius 3 is 2.62 bits per heavy atom. The van der Waals surface area contributed by atoms with Crippen LogP contribution in [0.3, 0.4) is 0 Å². The monoisotopic (exact) mass is 313 g/mol. The summed E-state index contributed by atoms with van der Waals surface area (Å²) >= 11 is 4.65. The van der Waals surface area contributed by atoms with Crippen molar-refractivity contribution in [3.8, 4) is 0 Å². The molecule has 1 rings (SSSR count). The summed E-state index contributed by atoms with van der Waals surface area (Å²) in [4.78, 5) is 11.4. The number of hydrogen-bond donors (Lipinski definition) is 3. The number of anilines is 1. The van der Waals surface area contributed by atoms with Crippen molar-refractivity contribution in [1.29, 1.82) is 0 Å². The number of hydrogen-bond acceptors (Lipinski definition) is 3. The Bertz CT molecular complexity index is 529. The van der Waals surface area contributed by atoms with E-state index in [4.69, 9.17) is 10.5 Å². The maximum atomic E-state index is 13.7. The summed E-state index contributed by atoms with van der Waals surface area (Å²) in [5, 5.41) is 5.17. The molecule has 4 N–H and O–H groups in total. The lowest BCUT2D eigenvalue weighted by Crippen LogP contribution is -2.33. The van der Waals surface area contributed by atoms with Gasteiger partial charge in [-0.25, -0.2) is 9.18 Å². The van der Waals surface area contributed by atoms with Crippen LogP contribution in [-0.2, 0) is 11.2 Å². The molecule has 0 spiro atoms. The molecule has 21 heavy (non-hydrogen) atoms. The Hall–Kier alpha value is -1.89. The van der Waals surface area contributed by atoms with Crippen LogP contribution in [0.4, 0.5) is 14.9 Å². The van der Waals surface area contributed by atoms with Crippen molar-refractivity contribution in [2.75, 3.05) is 11.9 Å². The largest absolute Gasteiger partial charge is 0.444 e. The van der Waals surface area contributed by atoms with E-state index in [0.29, 0.717) is 13.0 Å². The molecule has 116 valence electrons. The zero-order valence-corrected chi connectivity index (χ0v) is 13.1. The van der Waals surface area contributed by atoms with Crippen LogP contribution in [0.25, 0.3) is 0 Å². The van der Waals surface area contributed by atoms with Gasteiger partial charge >= 0.3 is 6.09 Å². The van der Waals surface area contributed by atoms with Gasteiger partial charge in [0.2, 0.25) is 0 Å². The smallest absolute Gasteiger partial charge is 0.407 e. The highest BCUT2D eigenvalue weighted by Crippen LogP contribution is 2.15. The standard InChI is InChI=1S/C14H20FN3O2S/c1-14(2,3)20-13(19)17-7-6-9-4-5-11(10(15)8-9)18-12(16)21/h4-5,8H,6-7H2,1-3H3,(H,17,19)(H3,16,18,21). The number of carbonyl (C=O) groups is 1. The first-order valence-corrected chi connectivity index (χ1v) is 6.90. The van der Waals surface area contributed by atoms with Gasteiger partial charge in [-0.3, -0.25) is 0 Å². The Morgan fingerprint density at radius 1 is 1.43 bits per heavy atom. The van der Waals surface area contributed by atoms with Crippen LogP contribution >= 0.6 is 12.2 Å². The van der Waals surface area contributed by atoms with Gasteiger partial charge in [-0.1, -0.05) is 6.07 Å². The molecule has 0 saturated heterocycles. The molecule has 0 unspecified atom stereocenters. The lowest BCUT2D eigenvalue weighted by molar-refractivity contribution is 0.0528. The fourth-order valence-corrected chi connectivity index (χ4v) is 1.68. The number of amides is 1. The molecule has 0 radical (unpaired) electrons. The fraction of sp³-hybridized carbons (Fsp3) is 0.429. The highest BCUT2D eigenvalue weighted by Gasteiger charge is 2.15. The maximum absolute atomic E-state index is 13.7.